The number of rotatable bonds is 14. The zero-order chi connectivity index (χ0) is 27.4. The number of nitrogens with one attached hydrogen (secondary N) is 3. The van der Waals surface area contributed by atoms with Gasteiger partial charge < -0.3 is 31.9 Å². The first-order chi connectivity index (χ1) is 17.7. The molecule has 200 valence electrons. The molecule has 0 radical (unpaired) electrons. The van der Waals surface area contributed by atoms with E-state index in [2.05, 4.69) is 16.0 Å². The van der Waals surface area contributed by atoms with Crippen LogP contribution in [0.2, 0.25) is 0 Å². The summed E-state index contributed by atoms with van der Waals surface area (Å²) >= 11 is 0. The molecule has 0 aliphatic carbocycles. The monoisotopic (exact) mass is 512 g/mol. The van der Waals surface area contributed by atoms with Crippen molar-refractivity contribution in [2.45, 2.75) is 57.3 Å². The summed E-state index contributed by atoms with van der Waals surface area (Å²) in [5.41, 5.74) is 7.71. The predicted octanol–water partition coefficient (Wildman–Crippen LogP) is 0.377. The zero-order valence-corrected chi connectivity index (χ0v) is 21.1. The number of carboxylic acid groups (broad SMARTS) is 1. The second kappa shape index (κ2) is 14.7. The topological polar surface area (TPSA) is 171 Å². The highest BCUT2D eigenvalue weighted by molar-refractivity contribution is 5.94. The van der Waals surface area contributed by atoms with Crippen molar-refractivity contribution in [2.75, 3.05) is 6.61 Å². The molecule has 0 bridgehead atoms. The number of carbonyl (C=O) groups excluding carboxylic acids is 3. The summed E-state index contributed by atoms with van der Waals surface area (Å²) in [5.74, 6) is -3.55. The lowest BCUT2D eigenvalue weighted by atomic mass is 9.96. The Morgan fingerprint density at radius 1 is 0.784 bits per heavy atom. The Bertz CT molecular complexity index is 1030. The largest absolute Gasteiger partial charge is 0.480 e. The minimum absolute atomic E-state index is 0.0743. The van der Waals surface area contributed by atoms with Gasteiger partial charge >= 0.3 is 5.97 Å². The van der Waals surface area contributed by atoms with Crippen LogP contribution in [0, 0.1) is 5.92 Å². The third-order valence-electron chi connectivity index (χ3n) is 6.14. The molecular weight excluding hydrogens is 476 g/mol. The molecule has 37 heavy (non-hydrogen) atoms. The fourth-order valence-corrected chi connectivity index (χ4v) is 3.70. The molecule has 2 aromatic carbocycles. The number of benzene rings is 2. The quantitative estimate of drug-likeness (QED) is 0.212. The van der Waals surface area contributed by atoms with E-state index in [1.165, 1.54) is 0 Å². The van der Waals surface area contributed by atoms with Crippen LogP contribution in [-0.2, 0) is 32.0 Å². The maximum Gasteiger partial charge on any atom is 0.328 e. The van der Waals surface area contributed by atoms with E-state index in [0.29, 0.717) is 6.42 Å². The number of aliphatic hydroxyl groups excluding tert-OH is 1. The van der Waals surface area contributed by atoms with E-state index >= 15 is 0 Å². The van der Waals surface area contributed by atoms with Crippen LogP contribution >= 0.6 is 0 Å². The lowest BCUT2D eigenvalue weighted by Gasteiger charge is -2.28. The lowest BCUT2D eigenvalue weighted by Crippen LogP contribution is -2.59. The zero-order valence-electron chi connectivity index (χ0n) is 21.1. The summed E-state index contributed by atoms with van der Waals surface area (Å²) in [6, 6.07) is 13.6. The molecule has 5 atom stereocenters. The molecule has 0 aliphatic heterocycles. The molecule has 10 heteroatoms. The Morgan fingerprint density at radius 2 is 1.30 bits per heavy atom. The van der Waals surface area contributed by atoms with Crippen LogP contribution in [0.4, 0.5) is 0 Å². The summed E-state index contributed by atoms with van der Waals surface area (Å²) in [5, 5.41) is 26.1. The number of carbonyl (C=O) groups is 4. The van der Waals surface area contributed by atoms with E-state index in [0.717, 1.165) is 11.1 Å². The number of hydrogen-bond donors (Lipinski definition) is 6. The number of carboxylic acids is 1. The first kappa shape index (κ1) is 29.5. The van der Waals surface area contributed by atoms with Gasteiger partial charge in [-0.05, 0) is 23.5 Å². The molecule has 5 unspecified atom stereocenters. The third kappa shape index (κ3) is 9.32. The predicted molar refractivity (Wildman–Crippen MR) is 138 cm³/mol. The van der Waals surface area contributed by atoms with Crippen LogP contribution in [0.5, 0.6) is 0 Å². The van der Waals surface area contributed by atoms with Crippen molar-refractivity contribution in [3.05, 3.63) is 71.8 Å². The van der Waals surface area contributed by atoms with Crippen molar-refractivity contribution in [1.29, 1.82) is 0 Å². The standard InChI is InChI=1S/C27H36N4O6/c1-3-17(2)23(31-24(33)20(28)14-18-10-6-4-7-11-18)26(35)29-21(15-19-12-8-5-9-13-19)25(34)30-22(16-32)27(36)37/h4-13,17,20-23,32H,3,14-16,28H2,1-2H3,(H,29,35)(H,30,34)(H,31,33)(H,36,37). The Labute approximate surface area is 216 Å². The summed E-state index contributed by atoms with van der Waals surface area (Å²) in [4.78, 5) is 50.5. The average Bonchev–Trinajstić information content (AvgIpc) is 2.90. The Morgan fingerprint density at radius 3 is 1.78 bits per heavy atom. The molecule has 0 spiro atoms. The molecule has 0 aromatic heterocycles. The Kier molecular flexibility index (Phi) is 11.7. The molecule has 2 aromatic rings. The van der Waals surface area contributed by atoms with Gasteiger partial charge in [-0.2, -0.15) is 0 Å². The van der Waals surface area contributed by atoms with E-state index in [4.69, 9.17) is 5.73 Å². The summed E-state index contributed by atoms with van der Waals surface area (Å²) < 4.78 is 0. The highest BCUT2D eigenvalue weighted by atomic mass is 16.4. The van der Waals surface area contributed by atoms with Gasteiger partial charge in [-0.15, -0.1) is 0 Å². The van der Waals surface area contributed by atoms with Gasteiger partial charge in [-0.3, -0.25) is 14.4 Å². The van der Waals surface area contributed by atoms with Crippen molar-refractivity contribution in [1.82, 2.24) is 16.0 Å². The highest BCUT2D eigenvalue weighted by Crippen LogP contribution is 2.11. The number of aliphatic hydroxyl groups is 1. The first-order valence-electron chi connectivity index (χ1n) is 12.2. The summed E-state index contributed by atoms with van der Waals surface area (Å²) in [6.45, 7) is 2.86. The Hall–Kier alpha value is -3.76. The van der Waals surface area contributed by atoms with Gasteiger partial charge in [-0.1, -0.05) is 80.9 Å². The SMILES string of the molecule is CCC(C)C(NC(=O)C(N)Cc1ccccc1)C(=O)NC(Cc1ccccc1)C(=O)NC(CO)C(=O)O. The van der Waals surface area contributed by atoms with E-state index in [9.17, 15) is 29.4 Å². The van der Waals surface area contributed by atoms with Crippen LogP contribution in [0.15, 0.2) is 60.7 Å². The molecule has 0 heterocycles. The average molecular weight is 513 g/mol. The smallest absolute Gasteiger partial charge is 0.328 e. The molecule has 3 amide bonds. The molecule has 7 N–H and O–H groups in total. The van der Waals surface area contributed by atoms with Crippen LogP contribution in [0.1, 0.15) is 31.4 Å². The van der Waals surface area contributed by atoms with Gasteiger partial charge in [-0.25, -0.2) is 4.79 Å². The van der Waals surface area contributed by atoms with E-state index in [-0.39, 0.29) is 18.8 Å². The van der Waals surface area contributed by atoms with Crippen molar-refractivity contribution in [2.24, 2.45) is 11.7 Å². The van der Waals surface area contributed by atoms with Gasteiger partial charge in [0.25, 0.3) is 0 Å². The van der Waals surface area contributed by atoms with Crippen LogP contribution in [0.3, 0.4) is 0 Å². The molecule has 0 saturated heterocycles. The van der Waals surface area contributed by atoms with Crippen molar-refractivity contribution >= 4 is 23.7 Å². The second-order valence-corrected chi connectivity index (χ2v) is 9.00. The minimum Gasteiger partial charge on any atom is -0.480 e. The highest BCUT2D eigenvalue weighted by Gasteiger charge is 2.32. The van der Waals surface area contributed by atoms with E-state index < -0.39 is 54.5 Å². The fraction of sp³-hybridized carbons (Fsp3) is 0.407. The maximum atomic E-state index is 13.3. The van der Waals surface area contributed by atoms with Gasteiger partial charge in [0.15, 0.2) is 0 Å². The van der Waals surface area contributed by atoms with Gasteiger partial charge in [0, 0.05) is 6.42 Å². The number of amides is 3. The molecular formula is C27H36N4O6. The molecule has 0 aliphatic rings. The second-order valence-electron chi connectivity index (χ2n) is 9.00. The van der Waals surface area contributed by atoms with Crippen LogP contribution in [-0.4, -0.2) is 64.7 Å². The van der Waals surface area contributed by atoms with Gasteiger partial charge in [0.1, 0.15) is 18.1 Å². The number of nitrogens with two attached hydrogens (primary N) is 1. The fourth-order valence-electron chi connectivity index (χ4n) is 3.70. The molecule has 2 rings (SSSR count). The van der Waals surface area contributed by atoms with Crippen molar-refractivity contribution < 1.29 is 29.4 Å². The molecule has 10 nitrogen and oxygen atoms in total. The Balaban J connectivity index is 2.19. The minimum atomic E-state index is -1.52. The number of hydrogen-bond acceptors (Lipinski definition) is 6. The lowest BCUT2D eigenvalue weighted by molar-refractivity contribution is -0.143. The van der Waals surface area contributed by atoms with Gasteiger partial charge in [0.2, 0.25) is 17.7 Å². The first-order valence-corrected chi connectivity index (χ1v) is 12.2. The van der Waals surface area contributed by atoms with Crippen molar-refractivity contribution in [3.63, 3.8) is 0 Å². The van der Waals surface area contributed by atoms with Crippen molar-refractivity contribution in [3.8, 4) is 0 Å². The maximum absolute atomic E-state index is 13.3. The van der Waals surface area contributed by atoms with Crippen LogP contribution in [0.25, 0.3) is 0 Å². The van der Waals surface area contributed by atoms with Crippen LogP contribution < -0.4 is 21.7 Å². The third-order valence-corrected chi connectivity index (χ3v) is 6.14. The summed E-state index contributed by atoms with van der Waals surface area (Å²) in [6.07, 6.45) is 0.927. The normalized spacial score (nSPS) is 14.9. The van der Waals surface area contributed by atoms with E-state index in [1.54, 1.807) is 37.3 Å². The summed E-state index contributed by atoms with van der Waals surface area (Å²) in [7, 11) is 0. The number of aliphatic carboxylic acids is 1. The molecule has 0 fully saturated rings. The van der Waals surface area contributed by atoms with E-state index in [1.807, 2.05) is 37.3 Å². The molecule has 0 saturated carbocycles. The van der Waals surface area contributed by atoms with Gasteiger partial charge in [0.05, 0.1) is 12.6 Å².